The number of carbonyl (C=O) groups excluding carboxylic acids is 1. The number of aromatic nitrogens is 2. The Morgan fingerprint density at radius 2 is 1.88 bits per heavy atom. The van der Waals surface area contributed by atoms with E-state index in [-0.39, 0.29) is 5.91 Å². The van der Waals surface area contributed by atoms with E-state index in [1.807, 2.05) is 6.07 Å². The monoisotopic (exact) mass is 318 g/mol. The maximum atomic E-state index is 12.0. The van der Waals surface area contributed by atoms with Crippen LogP contribution in [0.3, 0.4) is 0 Å². The molecule has 1 amide bonds. The molecule has 2 aromatic heterocycles. The quantitative estimate of drug-likeness (QED) is 0.753. The van der Waals surface area contributed by atoms with Gasteiger partial charge >= 0.3 is 0 Å². The first-order valence-corrected chi connectivity index (χ1v) is 7.67. The van der Waals surface area contributed by atoms with Gasteiger partial charge in [-0.2, -0.15) is 0 Å². The number of nitrogens with one attached hydrogen (secondary N) is 2. The molecule has 0 spiro atoms. The number of benzene rings is 1. The molecule has 0 unspecified atom stereocenters. The lowest BCUT2D eigenvalue weighted by molar-refractivity contribution is 0.102. The van der Waals surface area contributed by atoms with E-state index < -0.39 is 0 Å². The molecule has 0 radical (unpaired) electrons. The minimum Gasteiger partial charge on any atom is -0.380 e. The van der Waals surface area contributed by atoms with Gasteiger partial charge in [0.25, 0.3) is 5.91 Å². The molecule has 0 fully saturated rings. The summed E-state index contributed by atoms with van der Waals surface area (Å²) in [6, 6.07) is 15.5. The number of pyridine rings is 2. The lowest BCUT2D eigenvalue weighted by atomic mass is 10.1. The molecule has 120 valence electrons. The van der Waals surface area contributed by atoms with Gasteiger partial charge in [-0.05, 0) is 36.8 Å². The van der Waals surface area contributed by atoms with Gasteiger partial charge in [-0.25, -0.2) is 4.98 Å². The second-order valence-corrected chi connectivity index (χ2v) is 5.47. The van der Waals surface area contributed by atoms with Crippen molar-refractivity contribution in [3.05, 3.63) is 83.8 Å². The zero-order chi connectivity index (χ0) is 16.8. The molecule has 3 aromatic rings. The van der Waals surface area contributed by atoms with Crippen LogP contribution in [0.15, 0.2) is 67.1 Å². The van der Waals surface area contributed by atoms with Gasteiger partial charge in [0, 0.05) is 18.9 Å². The molecule has 3 rings (SSSR count). The van der Waals surface area contributed by atoms with Crippen LogP contribution in [0.1, 0.15) is 21.5 Å². The van der Waals surface area contributed by atoms with Crippen molar-refractivity contribution in [1.82, 2.24) is 9.97 Å². The van der Waals surface area contributed by atoms with Gasteiger partial charge in [-0.1, -0.05) is 29.8 Å². The van der Waals surface area contributed by atoms with E-state index in [1.54, 1.807) is 30.6 Å². The normalized spacial score (nSPS) is 10.2. The molecular weight excluding hydrogens is 300 g/mol. The molecule has 1 aromatic carbocycles. The van der Waals surface area contributed by atoms with Gasteiger partial charge in [0.15, 0.2) is 0 Å². The van der Waals surface area contributed by atoms with Crippen LogP contribution < -0.4 is 10.6 Å². The highest BCUT2D eigenvalue weighted by Gasteiger charge is 2.06. The van der Waals surface area contributed by atoms with Gasteiger partial charge < -0.3 is 10.6 Å². The fraction of sp³-hybridized carbons (Fsp3) is 0.105. The Morgan fingerprint density at radius 3 is 2.54 bits per heavy atom. The highest BCUT2D eigenvalue weighted by molar-refractivity contribution is 6.03. The van der Waals surface area contributed by atoms with Crippen molar-refractivity contribution >= 4 is 17.4 Å². The maximum absolute atomic E-state index is 12.0. The lowest BCUT2D eigenvalue weighted by Crippen LogP contribution is -2.13. The standard InChI is InChI=1S/C19H18N4O/c1-14-4-6-15(7-5-14)11-21-17-8-9-18(22-13-17)23-19(24)16-3-2-10-20-12-16/h2-10,12-13,21H,11H2,1H3,(H,22,23,24). The van der Waals surface area contributed by atoms with Gasteiger partial charge in [0.1, 0.15) is 5.82 Å². The Balaban J connectivity index is 1.57. The number of amides is 1. The number of hydrogen-bond acceptors (Lipinski definition) is 4. The van der Waals surface area contributed by atoms with Crippen LogP contribution in [0, 0.1) is 6.92 Å². The van der Waals surface area contributed by atoms with Gasteiger partial charge in [-0.3, -0.25) is 9.78 Å². The van der Waals surface area contributed by atoms with Gasteiger partial charge in [-0.15, -0.1) is 0 Å². The molecule has 0 saturated carbocycles. The number of aryl methyl sites for hydroxylation is 1. The summed E-state index contributed by atoms with van der Waals surface area (Å²) in [5, 5.41) is 6.06. The summed E-state index contributed by atoms with van der Waals surface area (Å²) in [6.07, 6.45) is 4.85. The zero-order valence-electron chi connectivity index (χ0n) is 13.4. The highest BCUT2D eigenvalue weighted by atomic mass is 16.1. The summed E-state index contributed by atoms with van der Waals surface area (Å²) in [5.41, 5.74) is 3.85. The van der Waals surface area contributed by atoms with Crippen molar-refractivity contribution in [2.45, 2.75) is 13.5 Å². The molecule has 0 atom stereocenters. The number of carbonyl (C=O) groups is 1. The van der Waals surface area contributed by atoms with Crippen molar-refractivity contribution in [2.24, 2.45) is 0 Å². The lowest BCUT2D eigenvalue weighted by Gasteiger charge is -2.08. The van der Waals surface area contributed by atoms with E-state index in [2.05, 4.69) is 51.8 Å². The molecular formula is C19H18N4O. The van der Waals surface area contributed by atoms with E-state index in [4.69, 9.17) is 0 Å². The molecule has 2 N–H and O–H groups in total. The van der Waals surface area contributed by atoms with E-state index in [0.29, 0.717) is 11.4 Å². The van der Waals surface area contributed by atoms with Crippen molar-refractivity contribution in [1.29, 1.82) is 0 Å². The molecule has 0 bridgehead atoms. The molecule has 0 saturated heterocycles. The largest absolute Gasteiger partial charge is 0.380 e. The fourth-order valence-electron chi connectivity index (χ4n) is 2.17. The Hall–Kier alpha value is -3.21. The van der Waals surface area contributed by atoms with E-state index >= 15 is 0 Å². The molecule has 5 nitrogen and oxygen atoms in total. The third kappa shape index (κ3) is 4.16. The minimum absolute atomic E-state index is 0.226. The van der Waals surface area contributed by atoms with E-state index in [9.17, 15) is 4.79 Å². The SMILES string of the molecule is Cc1ccc(CNc2ccc(NC(=O)c3cccnc3)nc2)cc1. The van der Waals surface area contributed by atoms with Gasteiger partial charge in [0.2, 0.25) is 0 Å². The smallest absolute Gasteiger partial charge is 0.258 e. The number of hydrogen-bond donors (Lipinski definition) is 2. The maximum Gasteiger partial charge on any atom is 0.258 e. The second-order valence-electron chi connectivity index (χ2n) is 5.47. The molecule has 0 aliphatic carbocycles. The third-order valence-electron chi connectivity index (χ3n) is 3.55. The van der Waals surface area contributed by atoms with Crippen LogP contribution in [0.4, 0.5) is 11.5 Å². The zero-order valence-corrected chi connectivity index (χ0v) is 13.4. The summed E-state index contributed by atoms with van der Waals surface area (Å²) >= 11 is 0. The van der Waals surface area contributed by atoms with Crippen molar-refractivity contribution in [2.75, 3.05) is 10.6 Å². The summed E-state index contributed by atoms with van der Waals surface area (Å²) in [5.74, 6) is 0.278. The molecule has 2 heterocycles. The summed E-state index contributed by atoms with van der Waals surface area (Å²) in [6.45, 7) is 2.79. The van der Waals surface area contributed by atoms with Crippen LogP contribution >= 0.6 is 0 Å². The fourth-order valence-corrected chi connectivity index (χ4v) is 2.17. The second kappa shape index (κ2) is 7.37. The number of anilines is 2. The first-order chi connectivity index (χ1) is 11.7. The van der Waals surface area contributed by atoms with Gasteiger partial charge in [0.05, 0.1) is 17.4 Å². The van der Waals surface area contributed by atoms with Crippen molar-refractivity contribution < 1.29 is 4.79 Å². The highest BCUT2D eigenvalue weighted by Crippen LogP contribution is 2.12. The van der Waals surface area contributed by atoms with Crippen LogP contribution in [-0.4, -0.2) is 15.9 Å². The number of rotatable bonds is 5. The van der Waals surface area contributed by atoms with Crippen LogP contribution in [0.25, 0.3) is 0 Å². The molecule has 5 heteroatoms. The Bertz CT molecular complexity index is 799. The average Bonchev–Trinajstić information content (AvgIpc) is 2.63. The van der Waals surface area contributed by atoms with E-state index in [1.165, 1.54) is 17.3 Å². The van der Waals surface area contributed by atoms with Crippen molar-refractivity contribution in [3.8, 4) is 0 Å². The van der Waals surface area contributed by atoms with E-state index in [0.717, 1.165) is 12.2 Å². The molecule has 24 heavy (non-hydrogen) atoms. The topological polar surface area (TPSA) is 66.9 Å². The average molecular weight is 318 g/mol. The first kappa shape index (κ1) is 15.7. The van der Waals surface area contributed by atoms with Crippen molar-refractivity contribution in [3.63, 3.8) is 0 Å². The Labute approximate surface area is 140 Å². The van der Waals surface area contributed by atoms with Crippen LogP contribution in [0.5, 0.6) is 0 Å². The summed E-state index contributed by atoms with van der Waals surface area (Å²) < 4.78 is 0. The predicted molar refractivity (Wildman–Crippen MR) is 94.9 cm³/mol. The van der Waals surface area contributed by atoms with Crippen LogP contribution in [-0.2, 0) is 6.54 Å². The Morgan fingerprint density at radius 1 is 1.04 bits per heavy atom. The predicted octanol–water partition coefficient (Wildman–Crippen LogP) is 3.65. The minimum atomic E-state index is -0.226. The van der Waals surface area contributed by atoms with Crippen LogP contribution in [0.2, 0.25) is 0 Å². The first-order valence-electron chi connectivity index (χ1n) is 7.67. The molecule has 0 aliphatic rings. The third-order valence-corrected chi connectivity index (χ3v) is 3.55. The summed E-state index contributed by atoms with van der Waals surface area (Å²) in [4.78, 5) is 20.2. The molecule has 0 aliphatic heterocycles. The Kier molecular flexibility index (Phi) is 4.81. The summed E-state index contributed by atoms with van der Waals surface area (Å²) in [7, 11) is 0. The number of nitrogens with zero attached hydrogens (tertiary/aromatic N) is 2.